The number of hydrogen-bond donors (Lipinski definition) is 3. The third kappa shape index (κ3) is 9.94. The van der Waals surface area contributed by atoms with Crippen LogP contribution in [0.5, 0.6) is 5.75 Å². The topological polar surface area (TPSA) is 138 Å². The van der Waals surface area contributed by atoms with Crippen LogP contribution in [0.2, 0.25) is 0 Å². The Balaban J connectivity index is 1.63. The van der Waals surface area contributed by atoms with Crippen molar-refractivity contribution in [1.29, 1.82) is 0 Å². The van der Waals surface area contributed by atoms with Crippen LogP contribution in [-0.4, -0.2) is 86.9 Å². The maximum absolute atomic E-state index is 14.4. The van der Waals surface area contributed by atoms with E-state index in [0.717, 1.165) is 18.4 Å². The van der Waals surface area contributed by atoms with Gasteiger partial charge in [-0.15, -0.1) is 0 Å². The van der Waals surface area contributed by atoms with Gasteiger partial charge in [0.15, 0.2) is 0 Å². The van der Waals surface area contributed by atoms with Crippen LogP contribution in [0.3, 0.4) is 0 Å². The number of benzene rings is 3. The Kier molecular flexibility index (Phi) is 12.9. The van der Waals surface area contributed by atoms with Gasteiger partial charge in [0.25, 0.3) is 15.9 Å². The summed E-state index contributed by atoms with van der Waals surface area (Å²) in [5.41, 5.74) is 1.99. The molecule has 4 atom stereocenters. The maximum atomic E-state index is 14.4. The quantitative estimate of drug-likeness (QED) is 0.275. The third-order valence-corrected chi connectivity index (χ3v) is 9.86. The number of anilines is 2. The van der Waals surface area contributed by atoms with E-state index < -0.39 is 28.1 Å². The Hall–Kier alpha value is -4.13. The number of carbonyl (C=O) groups is 2. The van der Waals surface area contributed by atoms with Gasteiger partial charge in [-0.3, -0.25) is 9.52 Å². The van der Waals surface area contributed by atoms with E-state index in [-0.39, 0.29) is 53.9 Å². The Labute approximate surface area is 284 Å². The minimum Gasteiger partial charge on any atom is -0.490 e. The van der Waals surface area contributed by atoms with Gasteiger partial charge in [0, 0.05) is 44.0 Å². The first-order chi connectivity index (χ1) is 22.9. The summed E-state index contributed by atoms with van der Waals surface area (Å²) in [6.07, 6.45) is 1.65. The molecule has 3 aromatic rings. The lowest BCUT2D eigenvalue weighted by Gasteiger charge is -2.35. The predicted molar refractivity (Wildman–Crippen MR) is 187 cm³/mol. The fraction of sp³-hybridized carbons (Fsp3) is 0.444. The van der Waals surface area contributed by atoms with E-state index in [2.05, 4.69) is 10.0 Å². The number of nitrogens with one attached hydrogen (secondary N) is 2. The summed E-state index contributed by atoms with van der Waals surface area (Å²) < 4.78 is 41.6. The van der Waals surface area contributed by atoms with Gasteiger partial charge in [0.1, 0.15) is 5.75 Å². The number of fused-ring (bicyclic) bond motifs is 1. The van der Waals surface area contributed by atoms with Crippen molar-refractivity contribution >= 4 is 33.3 Å². The molecular weight excluding hydrogens is 632 g/mol. The van der Waals surface area contributed by atoms with Crippen LogP contribution in [0.4, 0.5) is 16.2 Å². The Morgan fingerprint density at radius 2 is 1.75 bits per heavy atom. The van der Waals surface area contributed by atoms with Gasteiger partial charge in [-0.25, -0.2) is 13.2 Å². The molecule has 3 aromatic carbocycles. The zero-order valence-corrected chi connectivity index (χ0v) is 29.2. The van der Waals surface area contributed by atoms with E-state index in [9.17, 15) is 23.1 Å². The molecule has 11 nitrogen and oxygen atoms in total. The Morgan fingerprint density at radius 1 is 1.04 bits per heavy atom. The van der Waals surface area contributed by atoms with E-state index in [0.29, 0.717) is 24.5 Å². The highest BCUT2D eigenvalue weighted by Crippen LogP contribution is 2.29. The molecule has 0 radical (unpaired) electrons. The molecule has 4 rings (SSSR count). The predicted octanol–water partition coefficient (Wildman–Crippen LogP) is 5.76. The van der Waals surface area contributed by atoms with E-state index in [4.69, 9.17) is 9.47 Å². The lowest BCUT2D eigenvalue weighted by molar-refractivity contribution is -0.0115. The molecule has 1 aliphatic heterocycles. The molecule has 48 heavy (non-hydrogen) atoms. The number of amides is 3. The summed E-state index contributed by atoms with van der Waals surface area (Å²) >= 11 is 0. The lowest BCUT2D eigenvalue weighted by atomic mass is 10.0. The van der Waals surface area contributed by atoms with Gasteiger partial charge < -0.3 is 29.7 Å². The number of carbonyl (C=O) groups excluding carboxylic acids is 2. The molecule has 3 amide bonds. The molecule has 0 aliphatic carbocycles. The van der Waals surface area contributed by atoms with E-state index in [1.165, 1.54) is 18.2 Å². The number of nitrogens with zero attached hydrogens (tertiary/aromatic N) is 2. The fourth-order valence-electron chi connectivity index (χ4n) is 5.47. The summed E-state index contributed by atoms with van der Waals surface area (Å²) in [4.78, 5) is 30.6. The third-order valence-electron chi connectivity index (χ3n) is 8.46. The summed E-state index contributed by atoms with van der Waals surface area (Å²) in [7, 11) is -2.23. The van der Waals surface area contributed by atoms with Gasteiger partial charge >= 0.3 is 6.03 Å². The highest BCUT2D eigenvalue weighted by Gasteiger charge is 2.31. The lowest BCUT2D eigenvalue weighted by Crippen LogP contribution is -2.48. The van der Waals surface area contributed by atoms with Crippen LogP contribution >= 0.6 is 0 Å². The van der Waals surface area contributed by atoms with Crippen molar-refractivity contribution in [2.24, 2.45) is 5.92 Å². The minimum atomic E-state index is -3.93. The molecule has 0 spiro atoms. The van der Waals surface area contributed by atoms with Crippen molar-refractivity contribution in [2.45, 2.75) is 70.1 Å². The Morgan fingerprint density at radius 3 is 2.44 bits per heavy atom. The number of para-hydroxylation sites is 1. The van der Waals surface area contributed by atoms with Crippen molar-refractivity contribution in [3.8, 4) is 5.75 Å². The van der Waals surface area contributed by atoms with Gasteiger partial charge in [-0.2, -0.15) is 0 Å². The van der Waals surface area contributed by atoms with Crippen LogP contribution in [0.1, 0.15) is 56.0 Å². The first kappa shape index (κ1) is 36.7. The number of aryl methyl sites for hydroxylation is 1. The minimum absolute atomic E-state index is 0.0993. The van der Waals surface area contributed by atoms with Crippen LogP contribution in [0, 0.1) is 12.8 Å². The number of aliphatic hydroxyl groups excluding tert-OH is 1. The maximum Gasteiger partial charge on any atom is 0.321 e. The second kappa shape index (κ2) is 16.8. The number of ether oxygens (including phenoxy) is 2. The summed E-state index contributed by atoms with van der Waals surface area (Å²) in [5.74, 6) is -0.340. The highest BCUT2D eigenvalue weighted by molar-refractivity contribution is 7.92. The molecule has 0 saturated heterocycles. The van der Waals surface area contributed by atoms with Crippen molar-refractivity contribution < 1.29 is 32.6 Å². The van der Waals surface area contributed by atoms with E-state index in [1.54, 1.807) is 48.0 Å². The molecule has 260 valence electrons. The Bertz CT molecular complexity index is 1620. The monoisotopic (exact) mass is 680 g/mol. The van der Waals surface area contributed by atoms with Crippen molar-refractivity contribution in [2.75, 3.05) is 43.4 Å². The van der Waals surface area contributed by atoms with Gasteiger partial charge in [-0.1, -0.05) is 42.8 Å². The van der Waals surface area contributed by atoms with Gasteiger partial charge in [0.2, 0.25) is 0 Å². The summed E-state index contributed by atoms with van der Waals surface area (Å²) in [6.45, 7) is 8.15. The molecule has 0 saturated carbocycles. The molecule has 1 heterocycles. The van der Waals surface area contributed by atoms with Crippen LogP contribution in [-0.2, 0) is 14.8 Å². The second-order valence-electron chi connectivity index (χ2n) is 12.6. The second-order valence-corrected chi connectivity index (χ2v) is 14.3. The largest absolute Gasteiger partial charge is 0.490 e. The van der Waals surface area contributed by atoms with Gasteiger partial charge in [-0.05, 0) is 82.5 Å². The van der Waals surface area contributed by atoms with Crippen LogP contribution < -0.4 is 14.8 Å². The van der Waals surface area contributed by atoms with E-state index in [1.807, 2.05) is 51.1 Å². The molecule has 1 aliphatic rings. The summed E-state index contributed by atoms with van der Waals surface area (Å²) in [6, 6.07) is 19.5. The summed E-state index contributed by atoms with van der Waals surface area (Å²) in [5, 5.41) is 13.1. The van der Waals surface area contributed by atoms with Crippen molar-refractivity contribution in [1.82, 2.24) is 9.80 Å². The standard InChI is InChI=1S/C36H48N4O7S/c1-25-14-17-31(18-15-25)48(44,45)38-30-16-19-33-32(21-30)35(42)40(27(3)24-41)22-26(2)34(46-20-10-9-11-28(4)47-33)23-39(5)36(43)37-29-12-7-6-8-13-29/h6-8,12-19,21,26-28,34,38,41H,9-11,20,22-24H2,1-5H3,(H,37,43)/t26-,27-,28+,34+/m0/s1. The SMILES string of the molecule is Cc1ccc(S(=O)(=O)Nc2ccc3c(c2)C(=O)N([C@@H](C)CO)C[C@H](C)[C@@H](CN(C)C(=O)Nc2ccccc2)OCCCC[C@@H](C)O3)cc1. The first-order valence-corrected chi connectivity index (χ1v) is 17.9. The zero-order chi connectivity index (χ0) is 34.8. The molecular formula is C36H48N4O7S. The molecule has 3 N–H and O–H groups in total. The van der Waals surface area contributed by atoms with Gasteiger partial charge in [0.05, 0.1) is 35.3 Å². The number of sulfonamides is 1. The molecule has 12 heteroatoms. The average molecular weight is 681 g/mol. The number of aliphatic hydroxyl groups is 1. The number of urea groups is 1. The molecule has 0 bridgehead atoms. The van der Waals surface area contributed by atoms with Crippen molar-refractivity contribution in [3.63, 3.8) is 0 Å². The normalized spacial score (nSPS) is 20.1. The fourth-order valence-corrected chi connectivity index (χ4v) is 6.52. The number of rotatable bonds is 8. The van der Waals surface area contributed by atoms with E-state index >= 15 is 0 Å². The number of hydrogen-bond acceptors (Lipinski definition) is 7. The zero-order valence-electron chi connectivity index (χ0n) is 28.4. The van der Waals surface area contributed by atoms with Crippen LogP contribution in [0.25, 0.3) is 0 Å². The highest BCUT2D eigenvalue weighted by atomic mass is 32.2. The van der Waals surface area contributed by atoms with Crippen molar-refractivity contribution in [3.05, 3.63) is 83.9 Å². The molecule has 0 fully saturated rings. The van der Waals surface area contributed by atoms with Crippen LogP contribution in [0.15, 0.2) is 77.7 Å². The number of likely N-dealkylation sites (N-methyl/N-ethyl adjacent to an activating group) is 1. The molecule has 0 aromatic heterocycles. The first-order valence-electron chi connectivity index (χ1n) is 16.4. The molecule has 0 unspecified atom stereocenters. The average Bonchev–Trinajstić information content (AvgIpc) is 3.06. The smallest absolute Gasteiger partial charge is 0.321 e.